The van der Waals surface area contributed by atoms with E-state index in [4.69, 9.17) is 5.11 Å². The van der Waals surface area contributed by atoms with Gasteiger partial charge in [-0.25, -0.2) is 4.79 Å². The molecular formula is C17H21N3O3. The van der Waals surface area contributed by atoms with Gasteiger partial charge in [0, 0.05) is 24.3 Å². The van der Waals surface area contributed by atoms with E-state index in [1.807, 2.05) is 23.1 Å². The van der Waals surface area contributed by atoms with Crippen molar-refractivity contribution in [2.75, 3.05) is 13.1 Å². The molecule has 1 aromatic carbocycles. The minimum absolute atomic E-state index is 0.0148. The molecule has 2 aromatic rings. The summed E-state index contributed by atoms with van der Waals surface area (Å²) >= 11 is 0. The van der Waals surface area contributed by atoms with E-state index in [-0.39, 0.29) is 25.0 Å². The first kappa shape index (κ1) is 15.4. The van der Waals surface area contributed by atoms with Crippen molar-refractivity contribution >= 4 is 22.9 Å². The first-order chi connectivity index (χ1) is 11.1. The van der Waals surface area contributed by atoms with E-state index in [2.05, 4.69) is 22.4 Å². The summed E-state index contributed by atoms with van der Waals surface area (Å²) in [6, 6.07) is 9.99. The molecule has 122 valence electrons. The summed E-state index contributed by atoms with van der Waals surface area (Å²) in [5.41, 5.74) is 2.11. The number of carboxylic acid groups (broad SMARTS) is 1. The van der Waals surface area contributed by atoms with Crippen molar-refractivity contribution in [3.05, 3.63) is 36.0 Å². The Kier molecular flexibility index (Phi) is 4.50. The van der Waals surface area contributed by atoms with E-state index < -0.39 is 5.97 Å². The molecule has 0 spiro atoms. The zero-order chi connectivity index (χ0) is 16.2. The third kappa shape index (κ3) is 3.47. The first-order valence-electron chi connectivity index (χ1n) is 7.99. The second-order valence-corrected chi connectivity index (χ2v) is 5.89. The highest BCUT2D eigenvalue weighted by molar-refractivity contribution is 5.81. The van der Waals surface area contributed by atoms with Crippen LogP contribution in [0.3, 0.4) is 0 Å². The predicted molar refractivity (Wildman–Crippen MR) is 87.2 cm³/mol. The van der Waals surface area contributed by atoms with Gasteiger partial charge >= 0.3 is 12.0 Å². The van der Waals surface area contributed by atoms with Gasteiger partial charge in [0.25, 0.3) is 0 Å². The molecule has 1 saturated heterocycles. The number of carboxylic acids is 1. The van der Waals surface area contributed by atoms with Crippen LogP contribution in [0.1, 0.15) is 37.4 Å². The van der Waals surface area contributed by atoms with E-state index in [1.165, 1.54) is 0 Å². The van der Waals surface area contributed by atoms with Crippen LogP contribution in [0.5, 0.6) is 0 Å². The lowest BCUT2D eigenvalue weighted by atomic mass is 10.00. The Morgan fingerprint density at radius 3 is 2.91 bits per heavy atom. The van der Waals surface area contributed by atoms with Gasteiger partial charge in [0.05, 0.1) is 12.5 Å². The van der Waals surface area contributed by atoms with Crippen molar-refractivity contribution in [1.29, 1.82) is 0 Å². The largest absolute Gasteiger partial charge is 0.481 e. The molecule has 1 fully saturated rings. The second-order valence-electron chi connectivity index (χ2n) is 5.89. The summed E-state index contributed by atoms with van der Waals surface area (Å²) in [7, 11) is 0. The number of aromatic amines is 1. The maximum atomic E-state index is 12.4. The number of fused-ring (bicyclic) bond motifs is 1. The van der Waals surface area contributed by atoms with Crippen LogP contribution in [-0.4, -0.2) is 40.1 Å². The van der Waals surface area contributed by atoms with E-state index in [9.17, 15) is 9.59 Å². The highest BCUT2D eigenvalue weighted by Gasteiger charge is 2.29. The Hall–Kier alpha value is -2.50. The zero-order valence-electron chi connectivity index (χ0n) is 12.9. The third-order valence-electron chi connectivity index (χ3n) is 4.29. The molecule has 0 radical (unpaired) electrons. The molecule has 1 aromatic heterocycles. The fourth-order valence-corrected chi connectivity index (χ4v) is 3.15. The lowest BCUT2D eigenvalue weighted by molar-refractivity contribution is -0.136. The predicted octanol–water partition coefficient (Wildman–Crippen LogP) is 2.88. The van der Waals surface area contributed by atoms with E-state index in [0.717, 1.165) is 35.9 Å². The van der Waals surface area contributed by atoms with Gasteiger partial charge in [-0.2, -0.15) is 0 Å². The molecule has 1 aliphatic rings. The summed E-state index contributed by atoms with van der Waals surface area (Å²) in [4.78, 5) is 28.2. The summed E-state index contributed by atoms with van der Waals surface area (Å²) in [6.07, 6.45) is 2.91. The molecule has 1 atom stereocenters. The number of benzene rings is 1. The van der Waals surface area contributed by atoms with Crippen LogP contribution < -0.4 is 5.32 Å². The molecule has 2 heterocycles. The normalized spacial score (nSPS) is 18.1. The van der Waals surface area contributed by atoms with Gasteiger partial charge in [-0.3, -0.25) is 4.79 Å². The number of rotatable bonds is 4. The number of aliphatic carboxylic acids is 1. The number of nitrogens with one attached hydrogen (secondary N) is 2. The van der Waals surface area contributed by atoms with Gasteiger partial charge in [0.15, 0.2) is 0 Å². The number of likely N-dealkylation sites (tertiary alicyclic amines) is 1. The van der Waals surface area contributed by atoms with Gasteiger partial charge in [-0.05, 0) is 36.8 Å². The molecule has 0 bridgehead atoms. The summed E-state index contributed by atoms with van der Waals surface area (Å²) in [5, 5.41) is 12.5. The standard InChI is InChI=1S/C17H21N3O3/c21-16(22)8-9-18-17(23)20-10-4-3-7-15(20)14-11-12-5-1-2-6-13(12)19-14/h1-2,5-6,11,15,19H,3-4,7-10H2,(H,18,23)(H,21,22). The van der Waals surface area contributed by atoms with Gasteiger partial charge in [-0.1, -0.05) is 18.2 Å². The van der Waals surface area contributed by atoms with Crippen LogP contribution >= 0.6 is 0 Å². The Morgan fingerprint density at radius 1 is 1.30 bits per heavy atom. The molecule has 1 aliphatic heterocycles. The molecule has 3 N–H and O–H groups in total. The van der Waals surface area contributed by atoms with Gasteiger partial charge in [-0.15, -0.1) is 0 Å². The first-order valence-corrected chi connectivity index (χ1v) is 7.99. The molecule has 1 unspecified atom stereocenters. The minimum atomic E-state index is -0.906. The Labute approximate surface area is 134 Å². The highest BCUT2D eigenvalue weighted by Crippen LogP contribution is 2.32. The van der Waals surface area contributed by atoms with Crippen molar-refractivity contribution in [2.24, 2.45) is 0 Å². The Balaban J connectivity index is 1.75. The molecule has 0 aliphatic carbocycles. The number of nitrogens with zero attached hydrogens (tertiary/aromatic N) is 1. The monoisotopic (exact) mass is 315 g/mol. The number of carbonyl (C=O) groups excluding carboxylic acids is 1. The van der Waals surface area contributed by atoms with Crippen LogP contribution in [-0.2, 0) is 4.79 Å². The molecule has 0 saturated carbocycles. The van der Waals surface area contributed by atoms with E-state index in [1.54, 1.807) is 0 Å². The smallest absolute Gasteiger partial charge is 0.317 e. The molecule has 6 heteroatoms. The fraction of sp³-hybridized carbons (Fsp3) is 0.412. The van der Waals surface area contributed by atoms with Gasteiger partial charge in [0.1, 0.15) is 0 Å². The average Bonchev–Trinajstić information content (AvgIpc) is 2.98. The van der Waals surface area contributed by atoms with Crippen molar-refractivity contribution in [3.63, 3.8) is 0 Å². The molecular weight excluding hydrogens is 294 g/mol. The molecule has 6 nitrogen and oxygen atoms in total. The third-order valence-corrected chi connectivity index (χ3v) is 4.29. The van der Waals surface area contributed by atoms with Crippen LogP contribution in [0, 0.1) is 0 Å². The van der Waals surface area contributed by atoms with Crippen LogP contribution in [0.4, 0.5) is 4.79 Å². The average molecular weight is 315 g/mol. The van der Waals surface area contributed by atoms with Gasteiger partial charge < -0.3 is 20.3 Å². The Morgan fingerprint density at radius 2 is 2.13 bits per heavy atom. The number of aromatic nitrogens is 1. The number of hydrogen-bond donors (Lipinski definition) is 3. The number of amides is 2. The SMILES string of the molecule is O=C(O)CCNC(=O)N1CCCCC1c1cc2ccccc2[nH]1. The van der Waals surface area contributed by atoms with Crippen molar-refractivity contribution < 1.29 is 14.7 Å². The second kappa shape index (κ2) is 6.73. The maximum absolute atomic E-state index is 12.4. The number of urea groups is 1. The van der Waals surface area contributed by atoms with Crippen molar-refractivity contribution in [3.8, 4) is 0 Å². The van der Waals surface area contributed by atoms with Crippen molar-refractivity contribution in [1.82, 2.24) is 15.2 Å². The molecule has 2 amide bonds. The highest BCUT2D eigenvalue weighted by atomic mass is 16.4. The zero-order valence-corrected chi connectivity index (χ0v) is 12.9. The summed E-state index contributed by atoms with van der Waals surface area (Å²) in [5.74, 6) is -0.906. The van der Waals surface area contributed by atoms with E-state index >= 15 is 0 Å². The van der Waals surface area contributed by atoms with Crippen molar-refractivity contribution in [2.45, 2.75) is 31.7 Å². The molecule has 3 rings (SSSR count). The summed E-state index contributed by atoms with van der Waals surface area (Å²) in [6.45, 7) is 0.850. The quantitative estimate of drug-likeness (QED) is 0.811. The molecule has 23 heavy (non-hydrogen) atoms. The van der Waals surface area contributed by atoms with Crippen LogP contribution in [0.15, 0.2) is 30.3 Å². The topological polar surface area (TPSA) is 85.4 Å². The number of piperidine rings is 1. The van der Waals surface area contributed by atoms with Crippen LogP contribution in [0.2, 0.25) is 0 Å². The number of hydrogen-bond acceptors (Lipinski definition) is 2. The summed E-state index contributed by atoms with van der Waals surface area (Å²) < 4.78 is 0. The Bertz CT molecular complexity index is 677. The lowest BCUT2D eigenvalue weighted by Crippen LogP contribution is -2.45. The number of H-pyrrole nitrogens is 1. The van der Waals surface area contributed by atoms with E-state index in [0.29, 0.717) is 6.54 Å². The minimum Gasteiger partial charge on any atom is -0.481 e. The number of carbonyl (C=O) groups is 2. The maximum Gasteiger partial charge on any atom is 0.317 e. The number of para-hydroxylation sites is 1. The fourth-order valence-electron chi connectivity index (χ4n) is 3.15. The van der Waals surface area contributed by atoms with Crippen LogP contribution in [0.25, 0.3) is 10.9 Å². The van der Waals surface area contributed by atoms with Gasteiger partial charge in [0.2, 0.25) is 0 Å². The lowest BCUT2D eigenvalue weighted by Gasteiger charge is -2.35.